The van der Waals surface area contributed by atoms with Crippen LogP contribution in [0.5, 0.6) is 0 Å². The second-order valence-electron chi connectivity index (χ2n) is 3.46. The molecule has 17 heavy (non-hydrogen) atoms. The van der Waals surface area contributed by atoms with Crippen molar-refractivity contribution in [1.29, 1.82) is 0 Å². The summed E-state index contributed by atoms with van der Waals surface area (Å²) in [5, 5.41) is 6.47. The minimum Gasteiger partial charge on any atom is -0.281 e. The van der Waals surface area contributed by atoms with Crippen LogP contribution < -0.4 is 4.72 Å². The van der Waals surface area contributed by atoms with Gasteiger partial charge in [-0.15, -0.1) is 0 Å². The van der Waals surface area contributed by atoms with E-state index in [1.807, 2.05) is 0 Å². The highest BCUT2D eigenvalue weighted by molar-refractivity contribution is 7.92. The standard InChI is InChI=1S/C9H11N5O2S/c1-6-9(7(2)13-12-6)17(15,16)14-8-5-10-3-4-11-8/h3-5H,1-2H3,(H,11,14)(H,12,13). The number of aromatic nitrogens is 4. The molecule has 0 radical (unpaired) electrons. The fourth-order valence-corrected chi connectivity index (χ4v) is 2.84. The van der Waals surface area contributed by atoms with Crippen molar-refractivity contribution >= 4 is 15.8 Å². The average molecular weight is 253 g/mol. The lowest BCUT2D eigenvalue weighted by atomic mass is 10.4. The number of H-pyrrole nitrogens is 1. The van der Waals surface area contributed by atoms with Crippen LogP contribution >= 0.6 is 0 Å². The summed E-state index contributed by atoms with van der Waals surface area (Å²) in [7, 11) is -3.68. The Morgan fingerprint density at radius 3 is 2.59 bits per heavy atom. The van der Waals surface area contributed by atoms with Gasteiger partial charge in [-0.2, -0.15) is 5.10 Å². The molecule has 0 atom stereocenters. The number of nitrogens with zero attached hydrogens (tertiary/aromatic N) is 3. The van der Waals surface area contributed by atoms with Crippen LogP contribution in [0.2, 0.25) is 0 Å². The van der Waals surface area contributed by atoms with Crippen LogP contribution in [0.15, 0.2) is 23.5 Å². The van der Waals surface area contributed by atoms with Crippen LogP contribution in [0, 0.1) is 13.8 Å². The maximum Gasteiger partial charge on any atom is 0.266 e. The lowest BCUT2D eigenvalue weighted by Gasteiger charge is -2.06. The van der Waals surface area contributed by atoms with Gasteiger partial charge >= 0.3 is 0 Å². The van der Waals surface area contributed by atoms with E-state index in [1.54, 1.807) is 13.8 Å². The number of hydrogen-bond acceptors (Lipinski definition) is 5. The first kappa shape index (κ1) is 11.5. The second-order valence-corrected chi connectivity index (χ2v) is 5.08. The van der Waals surface area contributed by atoms with Gasteiger partial charge in [0.1, 0.15) is 4.90 Å². The van der Waals surface area contributed by atoms with E-state index in [-0.39, 0.29) is 10.7 Å². The first-order valence-corrected chi connectivity index (χ1v) is 6.29. The summed E-state index contributed by atoms with van der Waals surface area (Å²) in [5.41, 5.74) is 0.901. The molecule has 0 aliphatic carbocycles. The Bertz CT molecular complexity index is 601. The smallest absolute Gasteiger partial charge is 0.266 e. The molecule has 0 aliphatic rings. The van der Waals surface area contributed by atoms with Gasteiger partial charge in [-0.3, -0.25) is 14.8 Å². The summed E-state index contributed by atoms with van der Waals surface area (Å²) in [6, 6.07) is 0. The Labute approximate surface area is 98.4 Å². The van der Waals surface area contributed by atoms with Crippen molar-refractivity contribution in [3.63, 3.8) is 0 Å². The SMILES string of the molecule is Cc1n[nH]c(C)c1S(=O)(=O)Nc1cnccn1. The lowest BCUT2D eigenvalue weighted by molar-refractivity contribution is 0.600. The number of aromatic amines is 1. The number of sulfonamides is 1. The van der Waals surface area contributed by atoms with Crippen molar-refractivity contribution in [3.05, 3.63) is 30.0 Å². The van der Waals surface area contributed by atoms with Gasteiger partial charge < -0.3 is 0 Å². The van der Waals surface area contributed by atoms with Gasteiger partial charge in [-0.25, -0.2) is 13.4 Å². The molecule has 2 heterocycles. The minimum absolute atomic E-state index is 0.142. The van der Waals surface area contributed by atoms with Crippen molar-refractivity contribution < 1.29 is 8.42 Å². The van der Waals surface area contributed by atoms with Gasteiger partial charge in [0.25, 0.3) is 10.0 Å². The molecule has 0 unspecified atom stereocenters. The monoisotopic (exact) mass is 253 g/mol. The molecule has 90 valence electrons. The van der Waals surface area contributed by atoms with Gasteiger partial charge in [0.05, 0.1) is 17.6 Å². The van der Waals surface area contributed by atoms with E-state index in [1.165, 1.54) is 18.6 Å². The summed E-state index contributed by atoms with van der Waals surface area (Å²) >= 11 is 0. The fourth-order valence-electron chi connectivity index (χ4n) is 1.48. The number of hydrogen-bond donors (Lipinski definition) is 2. The zero-order valence-electron chi connectivity index (χ0n) is 9.30. The molecule has 2 rings (SSSR count). The molecule has 0 aromatic carbocycles. The summed E-state index contributed by atoms with van der Waals surface area (Å²) in [5.74, 6) is 0.174. The van der Waals surface area contributed by atoms with Crippen LogP contribution in [0.1, 0.15) is 11.4 Å². The topological polar surface area (TPSA) is 101 Å². The predicted molar refractivity (Wildman–Crippen MR) is 60.9 cm³/mol. The van der Waals surface area contributed by atoms with Crippen LogP contribution in [0.25, 0.3) is 0 Å². The quantitative estimate of drug-likeness (QED) is 0.835. The number of anilines is 1. The van der Waals surface area contributed by atoms with Crippen molar-refractivity contribution in [1.82, 2.24) is 20.2 Å². The van der Waals surface area contributed by atoms with Crippen LogP contribution in [-0.2, 0) is 10.0 Å². The van der Waals surface area contributed by atoms with Crippen molar-refractivity contribution in [2.75, 3.05) is 4.72 Å². The molecule has 8 heteroatoms. The summed E-state index contributed by atoms with van der Waals surface area (Å²) in [4.78, 5) is 7.77. The second kappa shape index (κ2) is 4.13. The Morgan fingerprint density at radius 2 is 2.06 bits per heavy atom. The van der Waals surface area contributed by atoms with E-state index >= 15 is 0 Å². The molecule has 2 aromatic heterocycles. The van der Waals surface area contributed by atoms with Gasteiger partial charge in [0.2, 0.25) is 0 Å². The van der Waals surface area contributed by atoms with E-state index in [4.69, 9.17) is 0 Å². The Morgan fingerprint density at radius 1 is 1.29 bits per heavy atom. The fraction of sp³-hybridized carbons (Fsp3) is 0.222. The van der Waals surface area contributed by atoms with Gasteiger partial charge in [0.15, 0.2) is 5.82 Å². The molecular formula is C9H11N5O2S. The highest BCUT2D eigenvalue weighted by Crippen LogP contribution is 2.19. The number of nitrogens with one attached hydrogen (secondary N) is 2. The minimum atomic E-state index is -3.68. The molecule has 0 fully saturated rings. The Balaban J connectivity index is 2.39. The lowest BCUT2D eigenvalue weighted by Crippen LogP contribution is -2.15. The van der Waals surface area contributed by atoms with E-state index in [9.17, 15) is 8.42 Å². The molecule has 0 saturated heterocycles. The zero-order chi connectivity index (χ0) is 12.5. The third kappa shape index (κ3) is 2.26. The maximum atomic E-state index is 12.1. The Kier molecular flexibility index (Phi) is 2.80. The normalized spacial score (nSPS) is 11.4. The molecular weight excluding hydrogens is 242 g/mol. The molecule has 7 nitrogen and oxygen atoms in total. The van der Waals surface area contributed by atoms with E-state index in [0.29, 0.717) is 11.4 Å². The predicted octanol–water partition coefficient (Wildman–Crippen LogP) is 0.617. The molecule has 0 aliphatic heterocycles. The third-order valence-electron chi connectivity index (χ3n) is 2.13. The van der Waals surface area contributed by atoms with Crippen LogP contribution in [0.4, 0.5) is 5.82 Å². The molecule has 2 N–H and O–H groups in total. The summed E-state index contributed by atoms with van der Waals surface area (Å²) in [6.07, 6.45) is 4.21. The van der Waals surface area contributed by atoms with Crippen LogP contribution in [0.3, 0.4) is 0 Å². The molecule has 2 aromatic rings. The van der Waals surface area contributed by atoms with Gasteiger partial charge in [-0.1, -0.05) is 0 Å². The van der Waals surface area contributed by atoms with Crippen molar-refractivity contribution in [3.8, 4) is 0 Å². The molecule has 0 bridgehead atoms. The first-order valence-electron chi connectivity index (χ1n) is 4.81. The van der Waals surface area contributed by atoms with E-state index in [2.05, 4.69) is 24.9 Å². The van der Waals surface area contributed by atoms with Crippen LogP contribution in [-0.4, -0.2) is 28.6 Å². The highest BCUT2D eigenvalue weighted by atomic mass is 32.2. The van der Waals surface area contributed by atoms with Gasteiger partial charge in [0, 0.05) is 12.4 Å². The van der Waals surface area contributed by atoms with E-state index in [0.717, 1.165) is 0 Å². The maximum absolute atomic E-state index is 12.1. The van der Waals surface area contributed by atoms with Crippen molar-refractivity contribution in [2.45, 2.75) is 18.7 Å². The molecule has 0 amide bonds. The zero-order valence-corrected chi connectivity index (χ0v) is 10.1. The summed E-state index contributed by atoms with van der Waals surface area (Å²) < 4.78 is 26.5. The highest BCUT2D eigenvalue weighted by Gasteiger charge is 2.22. The number of rotatable bonds is 3. The molecule has 0 saturated carbocycles. The number of aryl methyl sites for hydroxylation is 2. The third-order valence-corrected chi connectivity index (χ3v) is 3.75. The largest absolute Gasteiger partial charge is 0.281 e. The average Bonchev–Trinajstić information content (AvgIpc) is 2.59. The Hall–Kier alpha value is -1.96. The summed E-state index contributed by atoms with van der Waals surface area (Å²) in [6.45, 7) is 3.26. The van der Waals surface area contributed by atoms with Crippen molar-refractivity contribution in [2.24, 2.45) is 0 Å². The van der Waals surface area contributed by atoms with E-state index < -0.39 is 10.0 Å². The van der Waals surface area contributed by atoms with Gasteiger partial charge in [-0.05, 0) is 13.8 Å². The molecule has 0 spiro atoms. The first-order chi connectivity index (χ1) is 8.00.